The minimum Gasteiger partial charge on any atom is -0.309 e. The van der Waals surface area contributed by atoms with Crippen LogP contribution in [0.25, 0.3) is 0 Å². The normalized spacial score (nSPS) is 15.7. The second-order valence-corrected chi connectivity index (χ2v) is 7.28. The molecule has 0 aromatic carbocycles. The number of hydrogen-bond acceptors (Lipinski definition) is 3. The second-order valence-electron chi connectivity index (χ2n) is 6.43. The molecule has 0 aliphatic heterocycles. The van der Waals surface area contributed by atoms with Gasteiger partial charge in [0.2, 0.25) is 0 Å². The molecule has 1 aromatic rings. The molecule has 0 aliphatic carbocycles. The Labute approximate surface area is 116 Å². The van der Waals surface area contributed by atoms with Gasteiger partial charge in [-0.25, -0.2) is 4.98 Å². The number of rotatable bonds is 6. The predicted molar refractivity (Wildman–Crippen MR) is 81.2 cm³/mol. The molecule has 0 fully saturated rings. The molecule has 18 heavy (non-hydrogen) atoms. The van der Waals surface area contributed by atoms with Crippen molar-refractivity contribution in [2.75, 3.05) is 0 Å². The van der Waals surface area contributed by atoms with Crippen LogP contribution in [0.1, 0.15) is 65.1 Å². The minimum absolute atomic E-state index is 0.172. The van der Waals surface area contributed by atoms with Gasteiger partial charge in [0, 0.05) is 23.4 Å². The molecule has 0 saturated heterocycles. The maximum Gasteiger partial charge on any atom is 0.0982 e. The van der Waals surface area contributed by atoms with Crippen LogP contribution in [0, 0.1) is 5.92 Å². The third-order valence-corrected chi connectivity index (χ3v) is 4.59. The van der Waals surface area contributed by atoms with E-state index in [1.54, 1.807) is 11.3 Å². The second kappa shape index (κ2) is 6.67. The summed E-state index contributed by atoms with van der Waals surface area (Å²) in [4.78, 5) is 4.71. The third kappa shape index (κ3) is 5.07. The SMILES string of the molecule is CCC(C)CC(C)NCc1csc(C(C)(C)C)n1. The fraction of sp³-hybridized carbons (Fsp3) is 0.800. The van der Waals surface area contributed by atoms with E-state index in [2.05, 4.69) is 52.2 Å². The lowest BCUT2D eigenvalue weighted by atomic mass is 9.98. The summed E-state index contributed by atoms with van der Waals surface area (Å²) in [5, 5.41) is 6.99. The lowest BCUT2D eigenvalue weighted by Crippen LogP contribution is -2.27. The maximum absolute atomic E-state index is 4.71. The average molecular weight is 268 g/mol. The van der Waals surface area contributed by atoms with E-state index in [0.29, 0.717) is 6.04 Å². The topological polar surface area (TPSA) is 24.9 Å². The molecule has 0 amide bonds. The highest BCUT2D eigenvalue weighted by atomic mass is 32.1. The first-order valence-corrected chi connectivity index (χ1v) is 7.89. The van der Waals surface area contributed by atoms with E-state index in [-0.39, 0.29) is 5.41 Å². The van der Waals surface area contributed by atoms with E-state index in [4.69, 9.17) is 4.98 Å². The van der Waals surface area contributed by atoms with Gasteiger partial charge in [-0.2, -0.15) is 0 Å². The van der Waals surface area contributed by atoms with Gasteiger partial charge in [-0.05, 0) is 19.3 Å². The quantitative estimate of drug-likeness (QED) is 0.829. The molecule has 0 aliphatic rings. The van der Waals surface area contributed by atoms with Gasteiger partial charge in [0.15, 0.2) is 0 Å². The molecule has 0 bridgehead atoms. The zero-order valence-electron chi connectivity index (χ0n) is 12.7. The van der Waals surface area contributed by atoms with Gasteiger partial charge >= 0.3 is 0 Å². The lowest BCUT2D eigenvalue weighted by Gasteiger charge is -2.17. The third-order valence-electron chi connectivity index (χ3n) is 3.28. The van der Waals surface area contributed by atoms with E-state index >= 15 is 0 Å². The molecule has 0 radical (unpaired) electrons. The van der Waals surface area contributed by atoms with Crippen LogP contribution < -0.4 is 5.32 Å². The van der Waals surface area contributed by atoms with Crippen molar-refractivity contribution in [3.63, 3.8) is 0 Å². The molecule has 0 spiro atoms. The molecule has 0 saturated carbocycles. The molecular weight excluding hydrogens is 240 g/mol. The summed E-state index contributed by atoms with van der Waals surface area (Å²) in [5.74, 6) is 0.799. The summed E-state index contributed by atoms with van der Waals surface area (Å²) in [6, 6.07) is 0.569. The van der Waals surface area contributed by atoms with Crippen LogP contribution in [0.3, 0.4) is 0 Å². The van der Waals surface area contributed by atoms with Gasteiger partial charge in [-0.15, -0.1) is 11.3 Å². The number of nitrogens with zero attached hydrogens (tertiary/aromatic N) is 1. The summed E-state index contributed by atoms with van der Waals surface area (Å²) in [6.07, 6.45) is 2.50. The van der Waals surface area contributed by atoms with Gasteiger partial charge in [0.25, 0.3) is 0 Å². The van der Waals surface area contributed by atoms with Crippen LogP contribution in [-0.2, 0) is 12.0 Å². The summed E-state index contributed by atoms with van der Waals surface area (Å²) < 4.78 is 0. The lowest BCUT2D eigenvalue weighted by molar-refractivity contribution is 0.410. The first-order chi connectivity index (χ1) is 8.32. The Bertz CT molecular complexity index is 352. The van der Waals surface area contributed by atoms with Crippen molar-refractivity contribution in [3.05, 3.63) is 16.1 Å². The Morgan fingerprint density at radius 2 is 2.00 bits per heavy atom. The summed E-state index contributed by atoms with van der Waals surface area (Å²) in [5.41, 5.74) is 1.35. The number of hydrogen-bond donors (Lipinski definition) is 1. The highest BCUT2D eigenvalue weighted by Gasteiger charge is 2.18. The first-order valence-electron chi connectivity index (χ1n) is 7.01. The highest BCUT2D eigenvalue weighted by Crippen LogP contribution is 2.25. The number of nitrogens with one attached hydrogen (secondary N) is 1. The molecule has 1 heterocycles. The molecule has 1 N–H and O–H groups in total. The van der Waals surface area contributed by atoms with Crippen LogP contribution in [0.4, 0.5) is 0 Å². The van der Waals surface area contributed by atoms with Gasteiger partial charge < -0.3 is 5.32 Å². The van der Waals surface area contributed by atoms with Gasteiger partial charge in [0.05, 0.1) is 10.7 Å². The van der Waals surface area contributed by atoms with E-state index in [1.165, 1.54) is 23.5 Å². The van der Waals surface area contributed by atoms with Crippen molar-refractivity contribution in [1.29, 1.82) is 0 Å². The number of aromatic nitrogens is 1. The first kappa shape index (κ1) is 15.6. The van der Waals surface area contributed by atoms with E-state index in [9.17, 15) is 0 Å². The molecule has 1 rings (SSSR count). The van der Waals surface area contributed by atoms with Crippen LogP contribution >= 0.6 is 11.3 Å². The highest BCUT2D eigenvalue weighted by molar-refractivity contribution is 7.09. The molecule has 1 aromatic heterocycles. The molecular formula is C15H28N2S. The maximum atomic E-state index is 4.71. The standard InChI is InChI=1S/C15H28N2S/c1-7-11(2)8-12(3)16-9-13-10-18-14(17-13)15(4,5)6/h10-12,16H,7-9H2,1-6H3. The zero-order valence-corrected chi connectivity index (χ0v) is 13.5. The Hall–Kier alpha value is -0.410. The van der Waals surface area contributed by atoms with Crippen molar-refractivity contribution in [2.24, 2.45) is 5.92 Å². The predicted octanol–water partition coefficient (Wildman–Crippen LogP) is 4.35. The molecule has 2 unspecified atom stereocenters. The van der Waals surface area contributed by atoms with Gasteiger partial charge in [0.1, 0.15) is 0 Å². The molecule has 2 atom stereocenters. The van der Waals surface area contributed by atoms with Crippen LogP contribution in [0.15, 0.2) is 5.38 Å². The van der Waals surface area contributed by atoms with Crippen molar-refractivity contribution < 1.29 is 0 Å². The van der Waals surface area contributed by atoms with Crippen molar-refractivity contribution in [3.8, 4) is 0 Å². The van der Waals surface area contributed by atoms with Crippen molar-refractivity contribution in [2.45, 2.75) is 72.4 Å². The fourth-order valence-corrected chi connectivity index (χ4v) is 2.77. The van der Waals surface area contributed by atoms with Crippen LogP contribution in [0.2, 0.25) is 0 Å². The van der Waals surface area contributed by atoms with E-state index in [0.717, 1.165) is 12.5 Å². The monoisotopic (exact) mass is 268 g/mol. The van der Waals surface area contributed by atoms with Gasteiger partial charge in [-0.1, -0.05) is 41.0 Å². The minimum atomic E-state index is 0.172. The van der Waals surface area contributed by atoms with Crippen molar-refractivity contribution >= 4 is 11.3 Å². The average Bonchev–Trinajstić information content (AvgIpc) is 2.74. The molecule has 3 heteroatoms. The Morgan fingerprint density at radius 3 is 2.50 bits per heavy atom. The van der Waals surface area contributed by atoms with E-state index in [1.807, 2.05) is 0 Å². The van der Waals surface area contributed by atoms with Crippen LogP contribution in [0.5, 0.6) is 0 Å². The summed E-state index contributed by atoms with van der Waals surface area (Å²) in [6.45, 7) is 14.4. The largest absolute Gasteiger partial charge is 0.309 e. The fourth-order valence-electron chi connectivity index (χ4n) is 1.86. The molecule has 2 nitrogen and oxygen atoms in total. The Kier molecular flexibility index (Phi) is 5.80. The molecule has 104 valence electrons. The smallest absolute Gasteiger partial charge is 0.0982 e. The summed E-state index contributed by atoms with van der Waals surface area (Å²) in [7, 11) is 0. The van der Waals surface area contributed by atoms with E-state index < -0.39 is 0 Å². The number of thiazole rings is 1. The van der Waals surface area contributed by atoms with Crippen LogP contribution in [-0.4, -0.2) is 11.0 Å². The van der Waals surface area contributed by atoms with Gasteiger partial charge in [-0.3, -0.25) is 0 Å². The van der Waals surface area contributed by atoms with Crippen molar-refractivity contribution in [1.82, 2.24) is 10.3 Å². The Morgan fingerprint density at radius 1 is 1.33 bits per heavy atom. The zero-order chi connectivity index (χ0) is 13.8. The summed E-state index contributed by atoms with van der Waals surface area (Å²) >= 11 is 1.78. The Balaban J connectivity index is 2.42.